The Morgan fingerprint density at radius 3 is 2.72 bits per heavy atom. The largest absolute Gasteiger partial charge is 0.493 e. The number of fused-ring (bicyclic) bond motifs is 2. The first-order valence-corrected chi connectivity index (χ1v) is 8.91. The summed E-state index contributed by atoms with van der Waals surface area (Å²) in [7, 11) is 3.11. The SMILES string of the molecule is COc1ccc(C(=O)c2sc3nc4c(cc3c2N)CCC4)cc1OC. The molecule has 4 rings (SSSR count). The molecule has 1 aliphatic rings. The third-order valence-corrected chi connectivity index (χ3v) is 5.72. The molecule has 2 aromatic heterocycles. The minimum atomic E-state index is -0.124. The fourth-order valence-electron chi connectivity index (χ4n) is 3.28. The second-order valence-corrected chi connectivity index (χ2v) is 7.04. The number of aryl methyl sites for hydroxylation is 2. The third-order valence-electron chi connectivity index (χ3n) is 4.60. The summed E-state index contributed by atoms with van der Waals surface area (Å²) in [4.78, 5) is 19.0. The van der Waals surface area contributed by atoms with Crippen molar-refractivity contribution in [1.29, 1.82) is 0 Å². The van der Waals surface area contributed by atoms with Crippen molar-refractivity contribution < 1.29 is 14.3 Å². The number of aromatic nitrogens is 1. The van der Waals surface area contributed by atoms with Crippen LogP contribution in [0.2, 0.25) is 0 Å². The van der Waals surface area contributed by atoms with Crippen molar-refractivity contribution in [3.8, 4) is 11.5 Å². The molecule has 6 heteroatoms. The summed E-state index contributed by atoms with van der Waals surface area (Å²) in [6.45, 7) is 0. The maximum atomic E-state index is 13.0. The molecule has 0 radical (unpaired) electrons. The van der Waals surface area contributed by atoms with E-state index in [1.54, 1.807) is 32.4 Å². The van der Waals surface area contributed by atoms with E-state index in [2.05, 4.69) is 6.07 Å². The van der Waals surface area contributed by atoms with Crippen molar-refractivity contribution in [2.24, 2.45) is 0 Å². The molecule has 0 amide bonds. The van der Waals surface area contributed by atoms with E-state index in [1.165, 1.54) is 16.9 Å². The number of hydrogen-bond acceptors (Lipinski definition) is 6. The van der Waals surface area contributed by atoms with Crippen LogP contribution in [0.15, 0.2) is 24.3 Å². The summed E-state index contributed by atoms with van der Waals surface area (Å²) in [6, 6.07) is 7.23. The highest BCUT2D eigenvalue weighted by Crippen LogP contribution is 2.37. The van der Waals surface area contributed by atoms with Crippen molar-refractivity contribution in [2.75, 3.05) is 20.0 Å². The maximum Gasteiger partial charge on any atom is 0.205 e. The first kappa shape index (κ1) is 15.9. The standard InChI is InChI=1S/C19H18N2O3S/c1-23-14-7-6-11(9-15(14)24-2)17(22)18-16(20)12-8-10-4-3-5-13(10)21-19(12)25-18/h6-9H,3-5,20H2,1-2H3. The molecule has 0 spiro atoms. The van der Waals surface area contributed by atoms with Gasteiger partial charge in [0.2, 0.25) is 5.78 Å². The molecule has 0 bridgehead atoms. The number of pyridine rings is 1. The van der Waals surface area contributed by atoms with Gasteiger partial charge >= 0.3 is 0 Å². The van der Waals surface area contributed by atoms with Gasteiger partial charge in [0.05, 0.1) is 19.9 Å². The van der Waals surface area contributed by atoms with Crippen LogP contribution in [0.5, 0.6) is 11.5 Å². The lowest BCUT2D eigenvalue weighted by Crippen LogP contribution is -2.03. The molecule has 0 saturated heterocycles. The fourth-order valence-corrected chi connectivity index (χ4v) is 4.33. The van der Waals surface area contributed by atoms with Gasteiger partial charge in [-0.2, -0.15) is 0 Å². The molecule has 1 aromatic carbocycles. The minimum absolute atomic E-state index is 0.124. The number of nitrogens with two attached hydrogens (primary N) is 1. The zero-order valence-corrected chi connectivity index (χ0v) is 14.9. The molecule has 2 heterocycles. The van der Waals surface area contributed by atoms with Gasteiger partial charge in [-0.15, -0.1) is 11.3 Å². The third kappa shape index (κ3) is 2.53. The van der Waals surface area contributed by atoms with E-state index in [1.807, 2.05) is 0 Å². The second-order valence-electron chi connectivity index (χ2n) is 6.04. The van der Waals surface area contributed by atoms with Crippen molar-refractivity contribution in [3.63, 3.8) is 0 Å². The molecular formula is C19H18N2O3S. The number of carbonyl (C=O) groups excluding carboxylic acids is 1. The number of carbonyl (C=O) groups is 1. The highest BCUT2D eigenvalue weighted by atomic mass is 32.1. The molecule has 2 N–H and O–H groups in total. The van der Waals surface area contributed by atoms with E-state index in [9.17, 15) is 4.79 Å². The van der Waals surface area contributed by atoms with Crippen LogP contribution in [0.1, 0.15) is 32.9 Å². The number of anilines is 1. The topological polar surface area (TPSA) is 74.4 Å². The number of thiophene rings is 1. The average Bonchev–Trinajstić information content (AvgIpc) is 3.22. The Morgan fingerprint density at radius 1 is 1.16 bits per heavy atom. The van der Waals surface area contributed by atoms with E-state index in [-0.39, 0.29) is 5.78 Å². The quantitative estimate of drug-likeness (QED) is 0.725. The number of hydrogen-bond donors (Lipinski definition) is 1. The van der Waals surface area contributed by atoms with Crippen molar-refractivity contribution >= 4 is 33.0 Å². The highest BCUT2D eigenvalue weighted by molar-refractivity contribution is 7.21. The predicted molar refractivity (Wildman–Crippen MR) is 99.0 cm³/mol. The fraction of sp³-hybridized carbons (Fsp3) is 0.263. The maximum absolute atomic E-state index is 13.0. The summed E-state index contributed by atoms with van der Waals surface area (Å²) in [5.74, 6) is 0.980. The average molecular weight is 354 g/mol. The Bertz CT molecular complexity index is 994. The monoisotopic (exact) mass is 354 g/mol. The molecule has 3 aromatic rings. The Morgan fingerprint density at radius 2 is 1.96 bits per heavy atom. The van der Waals surface area contributed by atoms with Crippen molar-refractivity contribution in [2.45, 2.75) is 19.3 Å². The minimum Gasteiger partial charge on any atom is -0.493 e. The molecule has 0 saturated carbocycles. The second kappa shape index (κ2) is 6.04. The molecule has 0 unspecified atom stereocenters. The Kier molecular flexibility index (Phi) is 3.84. The Hall–Kier alpha value is -2.60. The van der Waals surface area contributed by atoms with Gasteiger partial charge in [-0.3, -0.25) is 4.79 Å². The zero-order valence-electron chi connectivity index (χ0n) is 14.1. The predicted octanol–water partition coefficient (Wildman–Crippen LogP) is 3.62. The summed E-state index contributed by atoms with van der Waals surface area (Å²) >= 11 is 1.36. The Labute approximate surface area is 149 Å². The summed E-state index contributed by atoms with van der Waals surface area (Å²) < 4.78 is 10.5. The van der Waals surface area contributed by atoms with E-state index < -0.39 is 0 Å². The first-order chi connectivity index (χ1) is 12.1. The van der Waals surface area contributed by atoms with Crippen LogP contribution in [-0.4, -0.2) is 25.0 Å². The van der Waals surface area contributed by atoms with E-state index in [4.69, 9.17) is 20.2 Å². The van der Waals surface area contributed by atoms with E-state index in [0.717, 1.165) is 35.2 Å². The molecule has 5 nitrogen and oxygen atoms in total. The highest BCUT2D eigenvalue weighted by Gasteiger charge is 2.22. The normalized spacial score (nSPS) is 13.0. The van der Waals surface area contributed by atoms with Crippen LogP contribution < -0.4 is 15.2 Å². The van der Waals surface area contributed by atoms with Crippen LogP contribution in [0.4, 0.5) is 5.69 Å². The number of benzene rings is 1. The number of methoxy groups -OCH3 is 2. The summed E-state index contributed by atoms with van der Waals surface area (Å²) in [5.41, 5.74) is 9.71. The van der Waals surface area contributed by atoms with Gasteiger partial charge < -0.3 is 15.2 Å². The molecule has 0 atom stereocenters. The molecule has 1 aliphatic carbocycles. The molecule has 128 valence electrons. The van der Waals surface area contributed by atoms with Gasteiger partial charge in [0.15, 0.2) is 11.5 Å². The summed E-state index contributed by atoms with van der Waals surface area (Å²) in [6.07, 6.45) is 3.17. The molecular weight excluding hydrogens is 336 g/mol. The number of ketones is 1. The molecule has 0 fully saturated rings. The lowest BCUT2D eigenvalue weighted by Gasteiger charge is -2.08. The van der Waals surface area contributed by atoms with E-state index in [0.29, 0.717) is 27.6 Å². The number of ether oxygens (including phenoxy) is 2. The van der Waals surface area contributed by atoms with Crippen LogP contribution in [0.3, 0.4) is 0 Å². The van der Waals surface area contributed by atoms with Crippen LogP contribution >= 0.6 is 11.3 Å². The van der Waals surface area contributed by atoms with Crippen molar-refractivity contribution in [1.82, 2.24) is 4.98 Å². The lowest BCUT2D eigenvalue weighted by atomic mass is 10.1. The van der Waals surface area contributed by atoms with Gasteiger partial charge in [0.25, 0.3) is 0 Å². The van der Waals surface area contributed by atoms with Crippen LogP contribution in [0.25, 0.3) is 10.2 Å². The molecule has 25 heavy (non-hydrogen) atoms. The smallest absolute Gasteiger partial charge is 0.205 e. The zero-order chi connectivity index (χ0) is 17.6. The molecule has 0 aliphatic heterocycles. The number of nitrogens with zero attached hydrogens (tertiary/aromatic N) is 1. The summed E-state index contributed by atoms with van der Waals surface area (Å²) in [5, 5.41) is 0.884. The van der Waals surface area contributed by atoms with Gasteiger partial charge in [-0.1, -0.05) is 0 Å². The van der Waals surface area contributed by atoms with Gasteiger partial charge in [0.1, 0.15) is 9.71 Å². The van der Waals surface area contributed by atoms with Gasteiger partial charge in [-0.25, -0.2) is 4.98 Å². The van der Waals surface area contributed by atoms with Crippen LogP contribution in [0, 0.1) is 0 Å². The Balaban J connectivity index is 1.79. The lowest BCUT2D eigenvalue weighted by molar-refractivity contribution is 0.104. The first-order valence-electron chi connectivity index (χ1n) is 8.10. The van der Waals surface area contributed by atoms with Crippen LogP contribution in [-0.2, 0) is 12.8 Å². The number of nitrogen functional groups attached to an aromatic ring is 1. The van der Waals surface area contributed by atoms with Crippen molar-refractivity contribution in [3.05, 3.63) is 46.0 Å². The van der Waals surface area contributed by atoms with E-state index >= 15 is 0 Å². The van der Waals surface area contributed by atoms with Gasteiger partial charge in [-0.05, 0) is 49.1 Å². The number of rotatable bonds is 4. The van der Waals surface area contributed by atoms with Gasteiger partial charge in [0, 0.05) is 16.6 Å².